The number of benzene rings is 2. The molecule has 1 aliphatic heterocycles. The summed E-state index contributed by atoms with van der Waals surface area (Å²) in [5, 5.41) is 3.61. The molecule has 0 fully saturated rings. The van der Waals surface area contributed by atoms with Gasteiger partial charge in [-0.25, -0.2) is 0 Å². The Hall–Kier alpha value is -2.66. The Balaban J connectivity index is 1.97. The Labute approximate surface area is 140 Å². The lowest BCUT2D eigenvalue weighted by atomic mass is 10.0. The first-order valence-electron chi connectivity index (χ1n) is 8.07. The van der Waals surface area contributed by atoms with Crippen LogP contribution in [0.15, 0.2) is 47.3 Å². The van der Waals surface area contributed by atoms with Crippen molar-refractivity contribution in [3.63, 3.8) is 0 Å². The van der Waals surface area contributed by atoms with Crippen LogP contribution in [0.25, 0.3) is 22.2 Å². The van der Waals surface area contributed by atoms with Gasteiger partial charge in [-0.3, -0.25) is 9.59 Å². The number of carbonyl (C=O) groups excluding carboxylic acids is 1. The minimum atomic E-state index is -0.622. The van der Waals surface area contributed by atoms with Gasteiger partial charge < -0.3 is 16.0 Å². The van der Waals surface area contributed by atoms with Gasteiger partial charge in [0, 0.05) is 16.8 Å². The highest BCUT2D eigenvalue weighted by Gasteiger charge is 2.18. The standard InChI is InChI=1S/C19H21N3O2/c1-11(2)9-14(20)19(24)22-17-8-7-16-13(18(17)23)10-12-5-3-4-6-15(12)21-16/h3-8,10-11,14,21H,9,20H2,1-2H3,(H,22,24)/t14-/m0/s1. The third-order valence-electron chi connectivity index (χ3n) is 4.05. The molecule has 0 spiro atoms. The predicted octanol–water partition coefficient (Wildman–Crippen LogP) is 2.94. The van der Waals surface area contributed by atoms with Gasteiger partial charge in [0.2, 0.25) is 11.3 Å². The van der Waals surface area contributed by atoms with E-state index >= 15 is 0 Å². The zero-order valence-electron chi connectivity index (χ0n) is 13.8. The zero-order chi connectivity index (χ0) is 17.3. The Morgan fingerprint density at radius 2 is 1.96 bits per heavy atom. The van der Waals surface area contributed by atoms with Crippen LogP contribution in [0.5, 0.6) is 0 Å². The molecule has 3 rings (SSSR count). The molecule has 0 radical (unpaired) electrons. The lowest BCUT2D eigenvalue weighted by Crippen LogP contribution is -2.37. The Kier molecular flexibility index (Phi) is 4.36. The van der Waals surface area contributed by atoms with Gasteiger partial charge in [-0.2, -0.15) is 0 Å². The van der Waals surface area contributed by atoms with Crippen molar-refractivity contribution in [2.75, 3.05) is 5.32 Å². The summed E-state index contributed by atoms with van der Waals surface area (Å²) < 4.78 is 0. The number of hydrogen-bond acceptors (Lipinski definition) is 3. The van der Waals surface area contributed by atoms with E-state index in [9.17, 15) is 9.59 Å². The van der Waals surface area contributed by atoms with Gasteiger partial charge in [-0.1, -0.05) is 32.0 Å². The SMILES string of the molecule is CC(C)C[C@H](N)C(=O)Nc1ccc2[nH]c3ccccc3cc-2c1=O. The number of anilines is 1. The van der Waals surface area contributed by atoms with Crippen molar-refractivity contribution in [2.45, 2.75) is 26.3 Å². The van der Waals surface area contributed by atoms with Crippen LogP contribution in [0.4, 0.5) is 5.69 Å². The number of carbonyl (C=O) groups is 1. The smallest absolute Gasteiger partial charge is 0.241 e. The van der Waals surface area contributed by atoms with E-state index in [-0.39, 0.29) is 17.0 Å². The number of aromatic amines is 1. The number of nitrogens with one attached hydrogen (secondary N) is 2. The Bertz CT molecular complexity index is 914. The maximum Gasteiger partial charge on any atom is 0.241 e. The summed E-state index contributed by atoms with van der Waals surface area (Å²) in [5.41, 5.74) is 8.18. The molecule has 124 valence electrons. The predicted molar refractivity (Wildman–Crippen MR) is 97.3 cm³/mol. The number of pyridine rings is 1. The molecule has 0 aromatic heterocycles. The van der Waals surface area contributed by atoms with Crippen molar-refractivity contribution in [1.82, 2.24) is 4.98 Å². The molecular formula is C19H21N3O2. The first-order chi connectivity index (χ1) is 11.5. The fourth-order valence-corrected chi connectivity index (χ4v) is 2.83. The molecule has 1 aromatic carbocycles. The van der Waals surface area contributed by atoms with Crippen LogP contribution in [0.1, 0.15) is 20.3 Å². The summed E-state index contributed by atoms with van der Waals surface area (Å²) >= 11 is 0. The van der Waals surface area contributed by atoms with Crippen LogP contribution in [0, 0.1) is 5.92 Å². The second-order valence-corrected chi connectivity index (χ2v) is 6.49. The van der Waals surface area contributed by atoms with Crippen molar-refractivity contribution < 1.29 is 4.79 Å². The van der Waals surface area contributed by atoms with E-state index in [4.69, 9.17) is 5.73 Å². The van der Waals surface area contributed by atoms with E-state index in [1.54, 1.807) is 12.1 Å². The Morgan fingerprint density at radius 1 is 1.21 bits per heavy atom. The van der Waals surface area contributed by atoms with Gasteiger partial charge in [0.1, 0.15) is 0 Å². The first kappa shape index (κ1) is 16.2. The number of amides is 1. The number of nitrogens with two attached hydrogens (primary N) is 1. The van der Waals surface area contributed by atoms with Crippen molar-refractivity contribution in [2.24, 2.45) is 11.7 Å². The summed E-state index contributed by atoms with van der Waals surface area (Å²) in [6.45, 7) is 4.01. The fraction of sp³-hybridized carbons (Fsp3) is 0.263. The minimum Gasteiger partial charge on any atom is -0.354 e. The zero-order valence-corrected chi connectivity index (χ0v) is 13.8. The number of rotatable bonds is 4. The molecule has 5 nitrogen and oxygen atoms in total. The first-order valence-corrected chi connectivity index (χ1v) is 8.07. The van der Waals surface area contributed by atoms with Gasteiger partial charge in [-0.05, 0) is 42.0 Å². The molecule has 1 aliphatic carbocycles. The lowest BCUT2D eigenvalue weighted by Gasteiger charge is -2.15. The molecule has 1 amide bonds. The van der Waals surface area contributed by atoms with Gasteiger partial charge >= 0.3 is 0 Å². The summed E-state index contributed by atoms with van der Waals surface area (Å²) in [6, 6.07) is 12.4. The van der Waals surface area contributed by atoms with Crippen LogP contribution < -0.4 is 16.5 Å². The highest BCUT2D eigenvalue weighted by Crippen LogP contribution is 2.23. The van der Waals surface area contributed by atoms with E-state index < -0.39 is 6.04 Å². The van der Waals surface area contributed by atoms with Gasteiger partial charge in [0.15, 0.2) is 0 Å². The van der Waals surface area contributed by atoms with Crippen molar-refractivity contribution in [3.05, 3.63) is 52.7 Å². The fourth-order valence-electron chi connectivity index (χ4n) is 2.83. The molecule has 0 bridgehead atoms. The van der Waals surface area contributed by atoms with Crippen LogP contribution >= 0.6 is 0 Å². The van der Waals surface area contributed by atoms with Gasteiger partial charge in [-0.15, -0.1) is 0 Å². The van der Waals surface area contributed by atoms with Crippen molar-refractivity contribution in [3.8, 4) is 11.3 Å². The van der Waals surface area contributed by atoms with Crippen LogP contribution in [0.3, 0.4) is 0 Å². The molecule has 2 aliphatic rings. The van der Waals surface area contributed by atoms with Crippen molar-refractivity contribution in [1.29, 1.82) is 0 Å². The van der Waals surface area contributed by atoms with E-state index in [0.29, 0.717) is 17.9 Å². The molecule has 1 heterocycles. The normalized spacial score (nSPS) is 12.7. The lowest BCUT2D eigenvalue weighted by molar-refractivity contribution is -0.117. The molecule has 1 aromatic rings. The maximum atomic E-state index is 12.7. The van der Waals surface area contributed by atoms with E-state index in [0.717, 1.165) is 16.6 Å². The average Bonchev–Trinajstić information content (AvgIpc) is 2.55. The van der Waals surface area contributed by atoms with Gasteiger partial charge in [0.05, 0.1) is 11.7 Å². The van der Waals surface area contributed by atoms with E-state index in [1.165, 1.54) is 0 Å². The molecule has 0 saturated carbocycles. The average molecular weight is 323 g/mol. The molecule has 1 atom stereocenters. The highest BCUT2D eigenvalue weighted by molar-refractivity contribution is 5.96. The quantitative estimate of drug-likeness (QED) is 0.645. The largest absolute Gasteiger partial charge is 0.354 e. The third kappa shape index (κ3) is 3.16. The second-order valence-electron chi connectivity index (χ2n) is 6.49. The summed E-state index contributed by atoms with van der Waals surface area (Å²) in [5.74, 6) is -0.0139. The van der Waals surface area contributed by atoms with Crippen molar-refractivity contribution >= 4 is 22.5 Å². The minimum absolute atomic E-state index is 0.209. The molecular weight excluding hydrogens is 302 g/mol. The Morgan fingerprint density at radius 3 is 2.71 bits per heavy atom. The molecule has 0 saturated heterocycles. The number of aromatic nitrogens is 1. The van der Waals surface area contributed by atoms with E-state index in [1.807, 2.05) is 44.2 Å². The van der Waals surface area contributed by atoms with E-state index in [2.05, 4.69) is 10.3 Å². The molecule has 4 N–H and O–H groups in total. The summed E-state index contributed by atoms with van der Waals surface area (Å²) in [4.78, 5) is 28.1. The highest BCUT2D eigenvalue weighted by atomic mass is 16.2. The van der Waals surface area contributed by atoms with Crippen LogP contribution in [0.2, 0.25) is 0 Å². The third-order valence-corrected chi connectivity index (χ3v) is 4.05. The second kappa shape index (κ2) is 6.45. The molecule has 0 unspecified atom stereocenters. The monoisotopic (exact) mass is 323 g/mol. The van der Waals surface area contributed by atoms with Gasteiger partial charge in [0.25, 0.3) is 0 Å². The number of fused-ring (bicyclic) bond motifs is 2. The topological polar surface area (TPSA) is 88.0 Å². The van der Waals surface area contributed by atoms with Crippen LogP contribution in [-0.4, -0.2) is 16.9 Å². The summed E-state index contributed by atoms with van der Waals surface area (Å²) in [6.07, 6.45) is 0.575. The number of para-hydroxylation sites is 1. The maximum absolute atomic E-state index is 12.7. The number of hydrogen-bond donors (Lipinski definition) is 3. The molecule has 5 heteroatoms. The molecule has 24 heavy (non-hydrogen) atoms. The van der Waals surface area contributed by atoms with Crippen LogP contribution in [-0.2, 0) is 4.79 Å². The summed E-state index contributed by atoms with van der Waals surface area (Å²) in [7, 11) is 0. The number of H-pyrrole nitrogens is 1.